The highest BCUT2D eigenvalue weighted by Crippen LogP contribution is 2.27. The van der Waals surface area contributed by atoms with Crippen molar-refractivity contribution in [3.63, 3.8) is 0 Å². The van der Waals surface area contributed by atoms with Crippen LogP contribution in [0.4, 0.5) is 5.69 Å². The zero-order valence-corrected chi connectivity index (χ0v) is 16.1. The van der Waals surface area contributed by atoms with E-state index in [4.69, 9.17) is 18.9 Å². The van der Waals surface area contributed by atoms with Crippen molar-refractivity contribution in [1.82, 2.24) is 0 Å². The molecule has 0 spiro atoms. The van der Waals surface area contributed by atoms with Gasteiger partial charge in [-0.15, -0.1) is 0 Å². The van der Waals surface area contributed by atoms with Crippen LogP contribution in [0.3, 0.4) is 0 Å². The van der Waals surface area contributed by atoms with Gasteiger partial charge in [0.2, 0.25) is 0 Å². The summed E-state index contributed by atoms with van der Waals surface area (Å²) in [5.41, 5.74) is 1.32. The molecule has 0 radical (unpaired) electrons. The second kappa shape index (κ2) is 10.6. The van der Waals surface area contributed by atoms with Crippen LogP contribution in [0.1, 0.15) is 12.5 Å². The quantitative estimate of drug-likeness (QED) is 0.527. The van der Waals surface area contributed by atoms with Gasteiger partial charge in [0.15, 0.2) is 18.1 Å². The number of esters is 1. The topological polar surface area (TPSA) is 83.1 Å². The highest BCUT2D eigenvalue weighted by molar-refractivity contribution is 5.94. The number of hydrogen-bond acceptors (Lipinski definition) is 6. The van der Waals surface area contributed by atoms with Gasteiger partial charge in [-0.1, -0.05) is 6.07 Å². The molecule has 0 bridgehead atoms. The highest BCUT2D eigenvalue weighted by Gasteiger charge is 2.07. The monoisotopic (exact) mass is 385 g/mol. The van der Waals surface area contributed by atoms with Crippen LogP contribution in [0.5, 0.6) is 17.2 Å². The molecule has 7 heteroatoms. The molecule has 0 aliphatic rings. The second-order valence-corrected chi connectivity index (χ2v) is 5.56. The summed E-state index contributed by atoms with van der Waals surface area (Å²) in [6.45, 7) is 2.07. The Morgan fingerprint density at radius 3 is 2.36 bits per heavy atom. The van der Waals surface area contributed by atoms with E-state index in [2.05, 4.69) is 5.32 Å². The van der Waals surface area contributed by atoms with E-state index in [1.807, 2.05) is 6.92 Å². The van der Waals surface area contributed by atoms with Gasteiger partial charge in [0.1, 0.15) is 5.75 Å². The van der Waals surface area contributed by atoms with Crippen LogP contribution >= 0.6 is 0 Å². The lowest BCUT2D eigenvalue weighted by atomic mass is 10.2. The van der Waals surface area contributed by atoms with E-state index < -0.39 is 11.9 Å². The maximum atomic E-state index is 11.9. The third kappa shape index (κ3) is 6.35. The lowest BCUT2D eigenvalue weighted by Gasteiger charge is -2.08. The Bertz CT molecular complexity index is 829. The normalized spacial score (nSPS) is 10.4. The van der Waals surface area contributed by atoms with Crippen LogP contribution in [0.15, 0.2) is 48.5 Å². The zero-order chi connectivity index (χ0) is 20.4. The van der Waals surface area contributed by atoms with E-state index >= 15 is 0 Å². The first-order chi connectivity index (χ1) is 13.5. The van der Waals surface area contributed by atoms with Crippen LogP contribution < -0.4 is 19.5 Å². The number of anilines is 1. The van der Waals surface area contributed by atoms with Gasteiger partial charge in [-0.2, -0.15) is 0 Å². The molecule has 0 aliphatic carbocycles. The first-order valence-corrected chi connectivity index (χ1v) is 8.65. The van der Waals surface area contributed by atoms with Crippen molar-refractivity contribution >= 4 is 23.6 Å². The Morgan fingerprint density at radius 2 is 1.71 bits per heavy atom. The maximum Gasteiger partial charge on any atom is 0.331 e. The molecule has 1 N–H and O–H groups in total. The van der Waals surface area contributed by atoms with Crippen LogP contribution in [-0.4, -0.2) is 39.3 Å². The number of hydrogen-bond donors (Lipinski definition) is 1. The van der Waals surface area contributed by atoms with Crippen LogP contribution in [0.2, 0.25) is 0 Å². The summed E-state index contributed by atoms with van der Waals surface area (Å²) in [5.74, 6) is 0.793. The number of nitrogens with one attached hydrogen (secondary N) is 1. The predicted octanol–water partition coefficient (Wildman–Crippen LogP) is 3.30. The molecule has 0 aromatic heterocycles. The fraction of sp³-hybridized carbons (Fsp3) is 0.238. The van der Waals surface area contributed by atoms with Crippen molar-refractivity contribution in [1.29, 1.82) is 0 Å². The van der Waals surface area contributed by atoms with E-state index in [1.165, 1.54) is 13.2 Å². The number of methoxy groups -OCH3 is 2. The van der Waals surface area contributed by atoms with Gasteiger partial charge in [0, 0.05) is 11.8 Å². The Kier molecular flexibility index (Phi) is 7.90. The summed E-state index contributed by atoms with van der Waals surface area (Å²) in [6, 6.07) is 12.1. The van der Waals surface area contributed by atoms with E-state index in [0.29, 0.717) is 29.5 Å². The van der Waals surface area contributed by atoms with Crippen LogP contribution in [-0.2, 0) is 14.3 Å². The summed E-state index contributed by atoms with van der Waals surface area (Å²) in [4.78, 5) is 23.7. The van der Waals surface area contributed by atoms with Crippen molar-refractivity contribution in [3.05, 3.63) is 54.1 Å². The van der Waals surface area contributed by atoms with Gasteiger partial charge in [-0.25, -0.2) is 4.79 Å². The molecule has 0 fully saturated rings. The fourth-order valence-corrected chi connectivity index (χ4v) is 2.30. The second-order valence-electron chi connectivity index (χ2n) is 5.56. The van der Waals surface area contributed by atoms with Gasteiger partial charge in [0.05, 0.1) is 20.8 Å². The summed E-state index contributed by atoms with van der Waals surface area (Å²) in [5, 5.41) is 2.64. The third-order valence-corrected chi connectivity index (χ3v) is 3.61. The Balaban J connectivity index is 1.82. The van der Waals surface area contributed by atoms with Crippen molar-refractivity contribution in [2.45, 2.75) is 6.92 Å². The molecular formula is C21H23NO6. The third-order valence-electron chi connectivity index (χ3n) is 3.61. The van der Waals surface area contributed by atoms with Crippen molar-refractivity contribution in [3.8, 4) is 17.2 Å². The van der Waals surface area contributed by atoms with Gasteiger partial charge in [-0.05, 0) is 55.0 Å². The Labute approximate surface area is 163 Å². The minimum absolute atomic E-state index is 0.387. The molecule has 7 nitrogen and oxygen atoms in total. The number of ether oxygens (including phenoxy) is 4. The number of carbonyl (C=O) groups excluding carboxylic acids is 2. The van der Waals surface area contributed by atoms with E-state index in [1.54, 1.807) is 55.7 Å². The number of carbonyl (C=O) groups is 2. The van der Waals surface area contributed by atoms with Crippen molar-refractivity contribution < 1.29 is 28.5 Å². The van der Waals surface area contributed by atoms with E-state index in [0.717, 1.165) is 5.56 Å². The van der Waals surface area contributed by atoms with Gasteiger partial charge < -0.3 is 24.3 Å². The molecule has 2 aromatic carbocycles. The molecule has 0 saturated carbocycles. The number of rotatable bonds is 9. The van der Waals surface area contributed by atoms with Crippen molar-refractivity contribution in [2.75, 3.05) is 32.8 Å². The first kappa shape index (κ1) is 20.8. The Morgan fingerprint density at radius 1 is 1.00 bits per heavy atom. The molecular weight excluding hydrogens is 362 g/mol. The standard InChI is InChI=1S/C21H23NO6/c1-4-27-17-9-7-16(8-10-17)22-20(23)14-28-21(24)12-6-15-5-11-18(25-2)19(13-15)26-3/h5-13H,4,14H2,1-3H3,(H,22,23). The lowest BCUT2D eigenvalue weighted by molar-refractivity contribution is -0.142. The maximum absolute atomic E-state index is 11.9. The predicted molar refractivity (Wildman–Crippen MR) is 106 cm³/mol. The fourth-order valence-electron chi connectivity index (χ4n) is 2.30. The van der Waals surface area contributed by atoms with Crippen LogP contribution in [0, 0.1) is 0 Å². The minimum atomic E-state index is -0.628. The SMILES string of the molecule is CCOc1ccc(NC(=O)COC(=O)C=Cc2ccc(OC)c(OC)c2)cc1. The summed E-state index contributed by atoms with van der Waals surface area (Å²) < 4.78 is 20.6. The van der Waals surface area contributed by atoms with E-state index in [-0.39, 0.29) is 6.61 Å². The highest BCUT2D eigenvalue weighted by atomic mass is 16.5. The first-order valence-electron chi connectivity index (χ1n) is 8.65. The van der Waals surface area contributed by atoms with Crippen molar-refractivity contribution in [2.24, 2.45) is 0 Å². The molecule has 148 valence electrons. The molecule has 0 aliphatic heterocycles. The summed E-state index contributed by atoms with van der Waals surface area (Å²) in [7, 11) is 3.08. The average Bonchev–Trinajstić information content (AvgIpc) is 2.72. The minimum Gasteiger partial charge on any atom is -0.494 e. The van der Waals surface area contributed by atoms with E-state index in [9.17, 15) is 9.59 Å². The molecule has 2 aromatic rings. The summed E-state index contributed by atoms with van der Waals surface area (Å²) >= 11 is 0. The molecule has 1 amide bonds. The zero-order valence-electron chi connectivity index (χ0n) is 16.1. The lowest BCUT2D eigenvalue weighted by Crippen LogP contribution is -2.20. The molecule has 0 heterocycles. The molecule has 0 saturated heterocycles. The van der Waals surface area contributed by atoms with Gasteiger partial charge in [0.25, 0.3) is 5.91 Å². The molecule has 2 rings (SSSR count). The van der Waals surface area contributed by atoms with Crippen LogP contribution in [0.25, 0.3) is 6.08 Å². The van der Waals surface area contributed by atoms with Gasteiger partial charge in [-0.3, -0.25) is 4.79 Å². The molecule has 28 heavy (non-hydrogen) atoms. The smallest absolute Gasteiger partial charge is 0.331 e. The molecule has 0 atom stereocenters. The van der Waals surface area contributed by atoms with Gasteiger partial charge >= 0.3 is 5.97 Å². The number of amides is 1. The average molecular weight is 385 g/mol. The molecule has 0 unspecified atom stereocenters. The largest absolute Gasteiger partial charge is 0.494 e. The number of benzene rings is 2. The summed E-state index contributed by atoms with van der Waals surface area (Å²) in [6.07, 6.45) is 2.81. The Hall–Kier alpha value is -3.48.